The minimum absolute atomic E-state index is 0.0890. The molecule has 7 heteroatoms. The molecular weight excluding hydrogens is 306 g/mol. The molecule has 0 spiro atoms. The Labute approximate surface area is 142 Å². The van der Waals surface area contributed by atoms with E-state index in [2.05, 4.69) is 36.2 Å². The zero-order valence-electron chi connectivity index (χ0n) is 14.7. The fraction of sp³-hybridized carbons (Fsp3) is 0.471. The highest BCUT2D eigenvalue weighted by Crippen LogP contribution is 2.24. The number of benzene rings is 1. The zero-order chi connectivity index (χ0) is 17.7. The van der Waals surface area contributed by atoms with Crippen molar-refractivity contribution in [3.8, 4) is 11.3 Å². The van der Waals surface area contributed by atoms with Crippen molar-refractivity contribution < 1.29 is 4.92 Å². The van der Waals surface area contributed by atoms with Crippen LogP contribution in [-0.2, 0) is 13.6 Å². The lowest BCUT2D eigenvalue weighted by atomic mass is 10.1. The first kappa shape index (κ1) is 18.1. The second-order valence-electron chi connectivity index (χ2n) is 6.23. The van der Waals surface area contributed by atoms with E-state index in [1.165, 1.54) is 12.1 Å². The molecule has 1 aromatic heterocycles. The molecule has 0 saturated heterocycles. The quantitative estimate of drug-likeness (QED) is 0.457. The maximum atomic E-state index is 10.8. The van der Waals surface area contributed by atoms with Crippen LogP contribution in [0.3, 0.4) is 0 Å². The van der Waals surface area contributed by atoms with Gasteiger partial charge in [-0.1, -0.05) is 0 Å². The summed E-state index contributed by atoms with van der Waals surface area (Å²) >= 11 is 0. The van der Waals surface area contributed by atoms with E-state index in [9.17, 15) is 10.1 Å². The van der Waals surface area contributed by atoms with Crippen LogP contribution in [-0.4, -0.2) is 45.8 Å². The normalized spacial score (nSPS) is 11.4. The molecule has 1 N–H and O–H groups in total. The van der Waals surface area contributed by atoms with Crippen molar-refractivity contribution in [3.05, 3.63) is 46.1 Å². The molecule has 1 aromatic carbocycles. The molecule has 0 bridgehead atoms. The molecule has 1 heterocycles. The number of non-ortho nitro benzene ring substituents is 1. The molecule has 7 nitrogen and oxygen atoms in total. The van der Waals surface area contributed by atoms with Gasteiger partial charge in [-0.05, 0) is 33.0 Å². The van der Waals surface area contributed by atoms with Gasteiger partial charge in [0.15, 0.2) is 0 Å². The van der Waals surface area contributed by atoms with Gasteiger partial charge in [-0.2, -0.15) is 5.10 Å². The van der Waals surface area contributed by atoms with Gasteiger partial charge in [0.1, 0.15) is 0 Å². The Balaban J connectivity index is 2.03. The fourth-order valence-corrected chi connectivity index (χ4v) is 2.39. The van der Waals surface area contributed by atoms with Crippen LogP contribution in [0.25, 0.3) is 11.3 Å². The van der Waals surface area contributed by atoms with Gasteiger partial charge in [0.25, 0.3) is 5.69 Å². The summed E-state index contributed by atoms with van der Waals surface area (Å²) in [6.45, 7) is 6.93. The van der Waals surface area contributed by atoms with E-state index in [0.717, 1.165) is 29.9 Å². The van der Waals surface area contributed by atoms with Crippen LogP contribution in [0.15, 0.2) is 30.5 Å². The molecule has 0 saturated carbocycles. The van der Waals surface area contributed by atoms with E-state index in [-0.39, 0.29) is 5.69 Å². The van der Waals surface area contributed by atoms with Gasteiger partial charge in [-0.25, -0.2) is 0 Å². The molecule has 0 fully saturated rings. The Kier molecular flexibility index (Phi) is 6.05. The lowest BCUT2D eigenvalue weighted by Gasteiger charge is -2.20. The molecule has 0 atom stereocenters. The fourth-order valence-electron chi connectivity index (χ4n) is 2.39. The van der Waals surface area contributed by atoms with E-state index in [0.29, 0.717) is 12.6 Å². The van der Waals surface area contributed by atoms with Crippen LogP contribution in [0.2, 0.25) is 0 Å². The van der Waals surface area contributed by atoms with E-state index in [4.69, 9.17) is 0 Å². The average Bonchev–Trinajstić information content (AvgIpc) is 2.92. The van der Waals surface area contributed by atoms with Crippen molar-refractivity contribution in [2.45, 2.75) is 26.4 Å². The molecule has 0 aliphatic carbocycles. The van der Waals surface area contributed by atoms with E-state index >= 15 is 0 Å². The minimum Gasteiger partial charge on any atom is -0.311 e. The van der Waals surface area contributed by atoms with Crippen molar-refractivity contribution in [1.82, 2.24) is 20.0 Å². The van der Waals surface area contributed by atoms with Gasteiger partial charge < -0.3 is 10.2 Å². The Morgan fingerprint density at radius 1 is 1.33 bits per heavy atom. The van der Waals surface area contributed by atoms with Gasteiger partial charge in [-0.3, -0.25) is 14.8 Å². The van der Waals surface area contributed by atoms with Crippen LogP contribution in [0, 0.1) is 10.1 Å². The summed E-state index contributed by atoms with van der Waals surface area (Å²) in [5.74, 6) is 0. The summed E-state index contributed by atoms with van der Waals surface area (Å²) in [6.07, 6.45) is 1.98. The third-order valence-electron chi connectivity index (χ3n) is 4.09. The highest BCUT2D eigenvalue weighted by atomic mass is 16.6. The maximum Gasteiger partial charge on any atom is 0.269 e. The Hall–Kier alpha value is -2.25. The van der Waals surface area contributed by atoms with Crippen LogP contribution in [0.5, 0.6) is 0 Å². The molecule has 0 aliphatic heterocycles. The third kappa shape index (κ3) is 4.62. The lowest BCUT2D eigenvalue weighted by molar-refractivity contribution is -0.384. The maximum absolute atomic E-state index is 10.8. The first-order valence-electron chi connectivity index (χ1n) is 8.06. The highest BCUT2D eigenvalue weighted by molar-refractivity contribution is 5.64. The number of aromatic nitrogens is 2. The molecule has 24 heavy (non-hydrogen) atoms. The van der Waals surface area contributed by atoms with Crippen molar-refractivity contribution in [2.75, 3.05) is 20.1 Å². The van der Waals surface area contributed by atoms with Gasteiger partial charge >= 0.3 is 0 Å². The monoisotopic (exact) mass is 331 g/mol. The van der Waals surface area contributed by atoms with Gasteiger partial charge in [0, 0.05) is 62.2 Å². The number of hydrogen-bond donors (Lipinski definition) is 1. The van der Waals surface area contributed by atoms with E-state index < -0.39 is 4.92 Å². The average molecular weight is 331 g/mol. The molecule has 130 valence electrons. The molecule has 2 aromatic rings. The SMILES string of the molecule is CC(C)N(C)CCNCc1cn(C)nc1-c1ccc([N+](=O)[O-])cc1. The first-order valence-corrected chi connectivity index (χ1v) is 8.06. The number of nitro benzene ring substituents is 1. The van der Waals surface area contributed by atoms with Crippen molar-refractivity contribution in [3.63, 3.8) is 0 Å². The second-order valence-corrected chi connectivity index (χ2v) is 6.23. The van der Waals surface area contributed by atoms with Crippen molar-refractivity contribution >= 4 is 5.69 Å². The summed E-state index contributed by atoms with van der Waals surface area (Å²) in [6, 6.07) is 7.05. The predicted octanol–water partition coefficient (Wildman–Crippen LogP) is 2.43. The van der Waals surface area contributed by atoms with Gasteiger partial charge in [0.05, 0.1) is 10.6 Å². The zero-order valence-corrected chi connectivity index (χ0v) is 14.7. The summed E-state index contributed by atoms with van der Waals surface area (Å²) < 4.78 is 1.77. The molecule has 0 aliphatic rings. The largest absolute Gasteiger partial charge is 0.311 e. The Bertz CT molecular complexity index is 679. The first-order chi connectivity index (χ1) is 11.4. The number of rotatable bonds is 8. The standard InChI is InChI=1S/C17H25N5O2/c1-13(2)20(3)10-9-18-11-15-12-21(4)19-17(15)14-5-7-16(8-6-14)22(23)24/h5-8,12-13,18H,9-11H2,1-4H3. The number of nitrogens with zero attached hydrogens (tertiary/aromatic N) is 4. The minimum atomic E-state index is -0.393. The lowest BCUT2D eigenvalue weighted by Crippen LogP contribution is -2.33. The topological polar surface area (TPSA) is 76.2 Å². The van der Waals surface area contributed by atoms with Crippen LogP contribution in [0.1, 0.15) is 19.4 Å². The summed E-state index contributed by atoms with van der Waals surface area (Å²) in [5.41, 5.74) is 2.92. The number of nitro groups is 1. The second kappa shape index (κ2) is 8.03. The summed E-state index contributed by atoms with van der Waals surface area (Å²) in [5, 5.41) is 18.7. The van der Waals surface area contributed by atoms with Gasteiger partial charge in [0.2, 0.25) is 0 Å². The summed E-state index contributed by atoms with van der Waals surface area (Å²) in [7, 11) is 3.99. The van der Waals surface area contributed by atoms with Crippen LogP contribution >= 0.6 is 0 Å². The number of hydrogen-bond acceptors (Lipinski definition) is 5. The summed E-state index contributed by atoms with van der Waals surface area (Å²) in [4.78, 5) is 12.7. The van der Waals surface area contributed by atoms with E-state index in [1.807, 2.05) is 13.2 Å². The predicted molar refractivity (Wildman–Crippen MR) is 94.8 cm³/mol. The molecular formula is C17H25N5O2. The Morgan fingerprint density at radius 3 is 2.58 bits per heavy atom. The Morgan fingerprint density at radius 2 is 2.00 bits per heavy atom. The number of likely N-dealkylation sites (N-methyl/N-ethyl adjacent to an activating group) is 1. The van der Waals surface area contributed by atoms with Crippen LogP contribution in [0.4, 0.5) is 5.69 Å². The smallest absolute Gasteiger partial charge is 0.269 e. The third-order valence-corrected chi connectivity index (χ3v) is 4.09. The van der Waals surface area contributed by atoms with Crippen LogP contribution < -0.4 is 5.32 Å². The van der Waals surface area contributed by atoms with Gasteiger partial charge in [-0.15, -0.1) is 0 Å². The van der Waals surface area contributed by atoms with E-state index in [1.54, 1.807) is 16.8 Å². The molecule has 0 radical (unpaired) electrons. The highest BCUT2D eigenvalue weighted by Gasteiger charge is 2.12. The number of aryl methyl sites for hydroxylation is 1. The number of nitrogens with one attached hydrogen (secondary N) is 1. The molecule has 2 rings (SSSR count). The molecule has 0 amide bonds. The molecule has 0 unspecified atom stereocenters. The van der Waals surface area contributed by atoms with Crippen molar-refractivity contribution in [2.24, 2.45) is 7.05 Å². The van der Waals surface area contributed by atoms with Crippen molar-refractivity contribution in [1.29, 1.82) is 0 Å².